The first-order valence-corrected chi connectivity index (χ1v) is 12.7. The van der Waals surface area contributed by atoms with Crippen molar-refractivity contribution in [1.29, 1.82) is 0 Å². The SMILES string of the molecule is COc1ccccc1C(C)NC(=O)C1CCN(S(=O)(=O)c2cc(C(C)C)ccc2OC)CC1. The van der Waals surface area contributed by atoms with Crippen LogP contribution in [0.5, 0.6) is 11.5 Å². The van der Waals surface area contributed by atoms with E-state index in [4.69, 9.17) is 9.47 Å². The largest absolute Gasteiger partial charge is 0.496 e. The number of piperidine rings is 1. The lowest BCUT2D eigenvalue weighted by molar-refractivity contribution is -0.126. The maximum atomic E-state index is 13.4. The van der Waals surface area contributed by atoms with E-state index in [1.807, 2.05) is 51.1 Å². The van der Waals surface area contributed by atoms with Crippen LogP contribution in [0, 0.1) is 5.92 Å². The Bertz CT molecular complexity index is 1080. The fraction of sp³-hybridized carbons (Fsp3) is 0.480. The van der Waals surface area contributed by atoms with Crippen molar-refractivity contribution in [2.24, 2.45) is 5.92 Å². The molecule has 0 aliphatic carbocycles. The molecule has 1 N–H and O–H groups in total. The zero-order chi connectivity index (χ0) is 24.2. The maximum Gasteiger partial charge on any atom is 0.246 e. The zero-order valence-electron chi connectivity index (χ0n) is 20.0. The van der Waals surface area contributed by atoms with Crippen LogP contribution in [-0.2, 0) is 14.8 Å². The Labute approximate surface area is 197 Å². The van der Waals surface area contributed by atoms with E-state index in [1.165, 1.54) is 11.4 Å². The second kappa shape index (κ2) is 10.6. The van der Waals surface area contributed by atoms with Gasteiger partial charge in [-0.2, -0.15) is 4.31 Å². The molecule has 33 heavy (non-hydrogen) atoms. The molecule has 0 radical (unpaired) electrons. The highest BCUT2D eigenvalue weighted by Crippen LogP contribution is 2.33. The van der Waals surface area contributed by atoms with Gasteiger partial charge in [0, 0.05) is 24.6 Å². The van der Waals surface area contributed by atoms with E-state index < -0.39 is 10.0 Å². The minimum Gasteiger partial charge on any atom is -0.496 e. The van der Waals surface area contributed by atoms with E-state index in [2.05, 4.69) is 5.32 Å². The number of amides is 1. The molecule has 3 rings (SSSR count). The topological polar surface area (TPSA) is 84.9 Å². The summed E-state index contributed by atoms with van der Waals surface area (Å²) in [4.78, 5) is 13.1. The minimum absolute atomic E-state index is 0.0650. The molecule has 180 valence electrons. The number of rotatable bonds is 8. The van der Waals surface area contributed by atoms with E-state index in [1.54, 1.807) is 19.2 Å². The Morgan fingerprint density at radius 1 is 1.00 bits per heavy atom. The number of methoxy groups -OCH3 is 2. The van der Waals surface area contributed by atoms with Gasteiger partial charge in [0.15, 0.2) is 0 Å². The van der Waals surface area contributed by atoms with Crippen molar-refractivity contribution in [3.8, 4) is 11.5 Å². The van der Waals surface area contributed by atoms with E-state index in [0.29, 0.717) is 31.7 Å². The number of carbonyl (C=O) groups is 1. The van der Waals surface area contributed by atoms with Crippen molar-refractivity contribution in [3.63, 3.8) is 0 Å². The molecule has 1 heterocycles. The van der Waals surface area contributed by atoms with Crippen molar-refractivity contribution in [2.45, 2.75) is 50.5 Å². The number of nitrogens with one attached hydrogen (secondary N) is 1. The summed E-state index contributed by atoms with van der Waals surface area (Å²) in [6.45, 7) is 6.54. The molecular weight excluding hydrogens is 440 g/mol. The van der Waals surface area contributed by atoms with E-state index in [-0.39, 0.29) is 28.7 Å². The van der Waals surface area contributed by atoms with Gasteiger partial charge in [-0.25, -0.2) is 8.42 Å². The van der Waals surface area contributed by atoms with Gasteiger partial charge in [0.05, 0.1) is 20.3 Å². The number of benzene rings is 2. The summed E-state index contributed by atoms with van der Waals surface area (Å²) in [5.41, 5.74) is 1.85. The Balaban J connectivity index is 1.68. The third-order valence-corrected chi connectivity index (χ3v) is 8.18. The standard InChI is InChI=1S/C25H34N2O5S/c1-17(2)20-10-11-23(32-5)24(16-20)33(29,30)27-14-12-19(13-15-27)25(28)26-18(3)21-8-6-7-9-22(21)31-4/h6-11,16-19H,12-15H2,1-5H3,(H,26,28). The summed E-state index contributed by atoms with van der Waals surface area (Å²) in [5.74, 6) is 0.959. The van der Waals surface area contributed by atoms with Gasteiger partial charge in [0.25, 0.3) is 0 Å². The molecule has 8 heteroatoms. The van der Waals surface area contributed by atoms with Gasteiger partial charge in [-0.05, 0) is 49.4 Å². The third-order valence-electron chi connectivity index (χ3n) is 6.26. The number of ether oxygens (including phenoxy) is 2. The number of nitrogens with zero attached hydrogens (tertiary/aromatic N) is 1. The molecule has 1 amide bonds. The van der Waals surface area contributed by atoms with Crippen LogP contribution in [0.15, 0.2) is 47.4 Å². The van der Waals surface area contributed by atoms with Gasteiger partial charge < -0.3 is 14.8 Å². The number of carbonyl (C=O) groups excluding carboxylic acids is 1. The van der Waals surface area contributed by atoms with Gasteiger partial charge in [-0.3, -0.25) is 4.79 Å². The van der Waals surface area contributed by atoms with E-state index in [9.17, 15) is 13.2 Å². The average Bonchev–Trinajstić information content (AvgIpc) is 2.83. The van der Waals surface area contributed by atoms with E-state index in [0.717, 1.165) is 16.9 Å². The molecule has 1 atom stereocenters. The molecular formula is C25H34N2O5S. The normalized spacial score (nSPS) is 16.4. The lowest BCUT2D eigenvalue weighted by Crippen LogP contribution is -2.43. The predicted molar refractivity (Wildman–Crippen MR) is 128 cm³/mol. The lowest BCUT2D eigenvalue weighted by atomic mass is 9.96. The predicted octanol–water partition coefficient (Wildman–Crippen LogP) is 4.11. The van der Waals surface area contributed by atoms with Gasteiger partial charge in [-0.1, -0.05) is 38.1 Å². The Morgan fingerprint density at radius 3 is 2.24 bits per heavy atom. The Morgan fingerprint density at radius 2 is 1.64 bits per heavy atom. The molecule has 2 aromatic carbocycles. The highest BCUT2D eigenvalue weighted by atomic mass is 32.2. The van der Waals surface area contributed by atoms with Gasteiger partial charge in [-0.15, -0.1) is 0 Å². The fourth-order valence-corrected chi connectivity index (χ4v) is 5.84. The summed E-state index contributed by atoms with van der Waals surface area (Å²) in [5, 5.41) is 3.06. The molecule has 2 aromatic rings. The van der Waals surface area contributed by atoms with Gasteiger partial charge >= 0.3 is 0 Å². The monoisotopic (exact) mass is 474 g/mol. The van der Waals surface area contributed by atoms with Crippen molar-refractivity contribution in [3.05, 3.63) is 53.6 Å². The van der Waals surface area contributed by atoms with Crippen LogP contribution >= 0.6 is 0 Å². The fourth-order valence-electron chi connectivity index (χ4n) is 4.18. The second-order valence-electron chi connectivity index (χ2n) is 8.72. The Hall–Kier alpha value is -2.58. The van der Waals surface area contributed by atoms with Crippen molar-refractivity contribution in [2.75, 3.05) is 27.3 Å². The first-order valence-electron chi connectivity index (χ1n) is 11.3. The molecule has 1 unspecified atom stereocenters. The van der Waals surface area contributed by atoms with Crippen LogP contribution in [0.3, 0.4) is 0 Å². The summed E-state index contributed by atoms with van der Waals surface area (Å²) in [6, 6.07) is 12.7. The summed E-state index contributed by atoms with van der Waals surface area (Å²) in [6.07, 6.45) is 0.936. The molecule has 1 fully saturated rings. The van der Waals surface area contributed by atoms with Crippen LogP contribution < -0.4 is 14.8 Å². The van der Waals surface area contributed by atoms with Crippen LogP contribution in [0.1, 0.15) is 56.7 Å². The minimum atomic E-state index is -3.72. The first-order chi connectivity index (χ1) is 15.7. The summed E-state index contributed by atoms with van der Waals surface area (Å²) >= 11 is 0. The van der Waals surface area contributed by atoms with Gasteiger partial charge in [0.2, 0.25) is 15.9 Å². The Kier molecular flexibility index (Phi) is 8.02. The van der Waals surface area contributed by atoms with Crippen LogP contribution in [0.25, 0.3) is 0 Å². The van der Waals surface area contributed by atoms with Crippen molar-refractivity contribution < 1.29 is 22.7 Å². The highest BCUT2D eigenvalue weighted by Gasteiger charge is 2.34. The number of hydrogen-bond acceptors (Lipinski definition) is 5. The molecule has 0 aromatic heterocycles. The highest BCUT2D eigenvalue weighted by molar-refractivity contribution is 7.89. The van der Waals surface area contributed by atoms with Crippen LogP contribution in [-0.4, -0.2) is 45.9 Å². The average molecular weight is 475 g/mol. The molecule has 0 saturated carbocycles. The van der Waals surface area contributed by atoms with Gasteiger partial charge in [0.1, 0.15) is 16.4 Å². The van der Waals surface area contributed by atoms with Crippen molar-refractivity contribution >= 4 is 15.9 Å². The quantitative estimate of drug-likeness (QED) is 0.623. The number of sulfonamides is 1. The first kappa shape index (κ1) is 25.1. The number of hydrogen-bond donors (Lipinski definition) is 1. The zero-order valence-corrected chi connectivity index (χ0v) is 20.8. The molecule has 1 aliphatic heterocycles. The van der Waals surface area contributed by atoms with Crippen LogP contribution in [0.4, 0.5) is 0 Å². The van der Waals surface area contributed by atoms with Crippen molar-refractivity contribution in [1.82, 2.24) is 9.62 Å². The maximum absolute atomic E-state index is 13.4. The lowest BCUT2D eigenvalue weighted by Gasteiger charge is -2.31. The van der Waals surface area contributed by atoms with Crippen LogP contribution in [0.2, 0.25) is 0 Å². The smallest absolute Gasteiger partial charge is 0.246 e. The van der Waals surface area contributed by atoms with E-state index >= 15 is 0 Å². The molecule has 1 saturated heterocycles. The molecule has 1 aliphatic rings. The third kappa shape index (κ3) is 5.50. The molecule has 7 nitrogen and oxygen atoms in total. The second-order valence-corrected chi connectivity index (χ2v) is 10.6. The number of para-hydroxylation sites is 1. The summed E-state index contributed by atoms with van der Waals surface area (Å²) in [7, 11) is -0.643. The molecule has 0 spiro atoms. The summed E-state index contributed by atoms with van der Waals surface area (Å²) < 4.78 is 39.0. The molecule has 0 bridgehead atoms.